The SMILES string of the molecule is Cc1nn(C)c(Cl)c1S(=O)(=O)O.Cn1c(C(=O)N2CCN(Cc3ccc(OCC(F)(F)F)cc3)CC2)cc2ccc(Oc3ccc([NH-])cn3)cc21. The number of amides is 1. The molecule has 1 saturated heterocycles. The van der Waals surface area contributed by atoms with Crippen LogP contribution >= 0.6 is 11.6 Å². The molecule has 272 valence electrons. The number of nitrogens with one attached hydrogen (secondary N) is 1. The highest BCUT2D eigenvalue weighted by atomic mass is 35.5. The number of halogens is 4. The zero-order chi connectivity index (χ0) is 37.1. The first kappa shape index (κ1) is 37.4. The van der Waals surface area contributed by atoms with E-state index >= 15 is 0 Å². The monoisotopic (exact) mass is 748 g/mol. The van der Waals surface area contributed by atoms with Crippen LogP contribution in [0.1, 0.15) is 21.7 Å². The number of nitrogens with zero attached hydrogens (tertiary/aromatic N) is 6. The first-order valence-corrected chi connectivity index (χ1v) is 17.2. The van der Waals surface area contributed by atoms with Gasteiger partial charge in [-0.2, -0.15) is 26.7 Å². The second kappa shape index (κ2) is 15.2. The molecule has 2 N–H and O–H groups in total. The van der Waals surface area contributed by atoms with Crippen LogP contribution in [0.15, 0.2) is 71.8 Å². The minimum atomic E-state index is -4.37. The number of benzene rings is 2. The Morgan fingerprint density at radius 2 is 1.67 bits per heavy atom. The first-order valence-electron chi connectivity index (χ1n) is 15.4. The largest absolute Gasteiger partial charge is 0.697 e. The molecule has 0 bridgehead atoms. The van der Waals surface area contributed by atoms with Crippen molar-refractivity contribution in [3.63, 3.8) is 0 Å². The first-order chi connectivity index (χ1) is 24.0. The molecule has 13 nitrogen and oxygen atoms in total. The zero-order valence-electron chi connectivity index (χ0n) is 27.7. The van der Waals surface area contributed by atoms with E-state index in [4.69, 9.17) is 31.4 Å². The fourth-order valence-electron chi connectivity index (χ4n) is 5.43. The van der Waals surface area contributed by atoms with Crippen molar-refractivity contribution in [2.45, 2.75) is 24.5 Å². The molecule has 0 spiro atoms. The van der Waals surface area contributed by atoms with Crippen LogP contribution in [-0.2, 0) is 30.8 Å². The van der Waals surface area contributed by atoms with Gasteiger partial charge >= 0.3 is 6.18 Å². The molecule has 5 aromatic rings. The molecule has 0 unspecified atom stereocenters. The standard InChI is InChI=1S/C28H27F3N5O3.C5H7ClN2O3S/c1-34-24-15-23(39-26-9-5-21(32)16-33-26)8-4-20(24)14-25(34)27(37)36-12-10-35(11-13-36)17-19-2-6-22(7-3-19)38-18-28(29,30)31;1-3-4(12(9,10)11)5(6)8(2)7-3/h2-9,14-16,32H,10-13,17-18H2,1H3;1-2H3,(H,9,10,11)/q-1;. The van der Waals surface area contributed by atoms with Crippen molar-refractivity contribution in [3.05, 3.63) is 94.7 Å². The molecule has 1 amide bonds. The van der Waals surface area contributed by atoms with E-state index in [9.17, 15) is 26.4 Å². The average molecular weight is 749 g/mol. The second-order valence-corrected chi connectivity index (χ2v) is 13.4. The summed E-state index contributed by atoms with van der Waals surface area (Å²) >= 11 is 5.56. The summed E-state index contributed by atoms with van der Waals surface area (Å²) in [5, 5.41) is 4.55. The quantitative estimate of drug-likeness (QED) is 0.173. The molecule has 51 heavy (non-hydrogen) atoms. The van der Waals surface area contributed by atoms with Crippen LogP contribution in [0.5, 0.6) is 17.4 Å². The highest BCUT2D eigenvalue weighted by Crippen LogP contribution is 2.28. The maximum atomic E-state index is 13.4. The fourth-order valence-corrected chi connectivity index (χ4v) is 6.66. The van der Waals surface area contributed by atoms with Crippen molar-refractivity contribution in [2.24, 2.45) is 14.1 Å². The lowest BCUT2D eigenvalue weighted by molar-refractivity contribution is -0.153. The summed E-state index contributed by atoms with van der Waals surface area (Å²) in [4.78, 5) is 21.2. The highest BCUT2D eigenvalue weighted by molar-refractivity contribution is 7.86. The lowest BCUT2D eigenvalue weighted by atomic mass is 10.2. The van der Waals surface area contributed by atoms with E-state index in [1.165, 1.54) is 24.9 Å². The van der Waals surface area contributed by atoms with Crippen molar-refractivity contribution < 1.29 is 40.4 Å². The summed E-state index contributed by atoms with van der Waals surface area (Å²) in [5.41, 5.74) is 10.4. The average Bonchev–Trinajstić information content (AvgIpc) is 3.54. The molecular weight excluding hydrogens is 715 g/mol. The van der Waals surface area contributed by atoms with Crippen LogP contribution in [0, 0.1) is 6.92 Å². The van der Waals surface area contributed by atoms with Gasteiger partial charge in [-0.05, 0) is 48.9 Å². The van der Waals surface area contributed by atoms with Crippen LogP contribution in [0.4, 0.5) is 18.9 Å². The molecule has 0 radical (unpaired) electrons. The van der Waals surface area contributed by atoms with Gasteiger partial charge in [0.15, 0.2) is 11.5 Å². The minimum Gasteiger partial charge on any atom is -0.697 e. The van der Waals surface area contributed by atoms with Crippen LogP contribution in [0.25, 0.3) is 16.6 Å². The zero-order valence-corrected chi connectivity index (χ0v) is 29.3. The smallest absolute Gasteiger partial charge is 0.422 e. The van der Waals surface area contributed by atoms with Crippen molar-refractivity contribution in [2.75, 3.05) is 32.8 Å². The van der Waals surface area contributed by atoms with Gasteiger partial charge in [0.05, 0.1) is 11.2 Å². The van der Waals surface area contributed by atoms with E-state index in [0.29, 0.717) is 55.7 Å². The van der Waals surface area contributed by atoms with Gasteiger partial charge in [0.1, 0.15) is 22.3 Å². The Bertz CT molecular complexity index is 2110. The van der Waals surface area contributed by atoms with Crippen LogP contribution in [0.3, 0.4) is 0 Å². The summed E-state index contributed by atoms with van der Waals surface area (Å²) in [6.07, 6.45) is -2.95. The van der Waals surface area contributed by atoms with Gasteiger partial charge in [-0.15, -0.1) is 5.69 Å². The molecule has 3 aromatic heterocycles. The summed E-state index contributed by atoms with van der Waals surface area (Å²) in [7, 11) is -0.917. The van der Waals surface area contributed by atoms with E-state index in [1.54, 1.807) is 36.4 Å². The van der Waals surface area contributed by atoms with Gasteiger partial charge < -0.3 is 24.7 Å². The lowest BCUT2D eigenvalue weighted by Gasteiger charge is -2.34. The molecule has 0 saturated carbocycles. The number of ether oxygens (including phenoxy) is 2. The molecule has 6 rings (SSSR count). The Labute approximate surface area is 296 Å². The van der Waals surface area contributed by atoms with E-state index in [-0.39, 0.29) is 27.4 Å². The Hall–Kier alpha value is -4.84. The van der Waals surface area contributed by atoms with Gasteiger partial charge in [0.25, 0.3) is 16.0 Å². The number of hydrogen-bond donors (Lipinski definition) is 1. The third-order valence-electron chi connectivity index (χ3n) is 7.94. The maximum absolute atomic E-state index is 13.4. The van der Waals surface area contributed by atoms with E-state index < -0.39 is 22.9 Å². The fraction of sp³-hybridized carbons (Fsp3) is 0.303. The predicted octanol–water partition coefficient (Wildman–Crippen LogP) is 6.58. The molecule has 1 aliphatic rings. The molecular formula is C33H34ClF3N7O6S-. The van der Waals surface area contributed by atoms with Gasteiger partial charge in [-0.1, -0.05) is 29.8 Å². The third-order valence-corrected chi connectivity index (χ3v) is 9.49. The van der Waals surface area contributed by atoms with Gasteiger partial charge in [-0.25, -0.2) is 4.98 Å². The Morgan fingerprint density at radius 1 is 1.00 bits per heavy atom. The number of alkyl halides is 3. The van der Waals surface area contributed by atoms with Crippen molar-refractivity contribution in [3.8, 4) is 17.4 Å². The number of aromatic nitrogens is 4. The number of pyridine rings is 1. The van der Waals surface area contributed by atoms with Crippen LogP contribution < -0.4 is 9.47 Å². The predicted molar refractivity (Wildman–Crippen MR) is 183 cm³/mol. The molecule has 1 aliphatic heterocycles. The summed E-state index contributed by atoms with van der Waals surface area (Å²) in [5.74, 6) is 1.11. The Kier molecular flexibility index (Phi) is 11.1. The number of piperazine rings is 1. The molecule has 18 heteroatoms. The number of aryl methyl sites for hydroxylation is 3. The molecule has 2 aromatic carbocycles. The van der Waals surface area contributed by atoms with Gasteiger partial charge in [0, 0.05) is 64.5 Å². The number of carbonyl (C=O) groups is 1. The number of hydrogen-bond acceptors (Lipinski definition) is 8. The third kappa shape index (κ3) is 9.49. The van der Waals surface area contributed by atoms with Crippen molar-refractivity contribution >= 4 is 44.2 Å². The van der Waals surface area contributed by atoms with Gasteiger partial charge in [0.2, 0.25) is 5.88 Å². The van der Waals surface area contributed by atoms with E-state index in [0.717, 1.165) is 16.5 Å². The van der Waals surface area contributed by atoms with Crippen molar-refractivity contribution in [1.82, 2.24) is 29.1 Å². The molecule has 4 heterocycles. The van der Waals surface area contributed by atoms with E-state index in [2.05, 4.69) is 15.0 Å². The van der Waals surface area contributed by atoms with Crippen LogP contribution in [-0.4, -0.2) is 87.0 Å². The molecule has 0 aliphatic carbocycles. The Morgan fingerprint density at radius 3 is 2.22 bits per heavy atom. The summed E-state index contributed by atoms with van der Waals surface area (Å²) < 4.78 is 80.7. The molecule has 0 atom stereocenters. The Balaban J connectivity index is 0.000000357. The number of fused-ring (bicyclic) bond motifs is 1. The van der Waals surface area contributed by atoms with Crippen molar-refractivity contribution in [1.29, 1.82) is 0 Å². The maximum Gasteiger partial charge on any atom is 0.422 e. The number of carbonyl (C=O) groups excluding carboxylic acids is 1. The minimum absolute atomic E-state index is 0.0466. The van der Waals surface area contributed by atoms with Crippen LogP contribution in [0.2, 0.25) is 5.15 Å². The summed E-state index contributed by atoms with van der Waals surface area (Å²) in [6.45, 7) is 3.28. The highest BCUT2D eigenvalue weighted by Gasteiger charge is 2.29. The topological polar surface area (TPSA) is 156 Å². The molecule has 1 fully saturated rings. The van der Waals surface area contributed by atoms with E-state index in [1.807, 2.05) is 40.8 Å². The number of rotatable bonds is 8. The normalized spacial score (nSPS) is 13.9. The summed E-state index contributed by atoms with van der Waals surface area (Å²) in [6, 6.07) is 17.3. The lowest BCUT2D eigenvalue weighted by Crippen LogP contribution is -2.48. The second-order valence-electron chi connectivity index (χ2n) is 11.7. The van der Waals surface area contributed by atoms with Gasteiger partial charge in [-0.3, -0.25) is 18.9 Å².